The second-order valence-electron chi connectivity index (χ2n) is 3.65. The molecule has 0 fully saturated rings. The number of hydrogen-bond acceptors (Lipinski definition) is 5. The van der Waals surface area contributed by atoms with E-state index in [2.05, 4.69) is 19.2 Å². The quantitative estimate of drug-likeness (QED) is 0.626. The second-order valence-corrected chi connectivity index (χ2v) is 3.65. The third kappa shape index (κ3) is 4.15. The average molecular weight is 333 g/mol. The van der Waals surface area contributed by atoms with Crippen LogP contribution in [0.15, 0.2) is 6.20 Å². The Bertz CT molecular complexity index is 555. The van der Waals surface area contributed by atoms with Crippen LogP contribution in [0.2, 0.25) is 0 Å². The third-order valence-corrected chi connectivity index (χ3v) is 2.19. The number of hydrogen-bond donors (Lipinski definition) is 0. The number of aromatic nitrogens is 1. The van der Waals surface area contributed by atoms with Crippen molar-refractivity contribution < 1.29 is 45.3 Å². The summed E-state index contributed by atoms with van der Waals surface area (Å²) in [7, 11) is 0.799. The minimum absolute atomic E-state index is 0.278. The molecule has 1 aromatic heterocycles. The van der Waals surface area contributed by atoms with Gasteiger partial charge >= 0.3 is 18.5 Å². The number of carbonyl (C=O) groups excluding carboxylic acids is 1. The van der Waals surface area contributed by atoms with Gasteiger partial charge in [-0.05, 0) is 6.92 Å². The Morgan fingerprint density at radius 1 is 1.23 bits per heavy atom. The predicted molar refractivity (Wildman–Crippen MR) is 58.4 cm³/mol. The van der Waals surface area contributed by atoms with Gasteiger partial charge in [0.15, 0.2) is 17.2 Å². The van der Waals surface area contributed by atoms with Crippen molar-refractivity contribution in [3.05, 3.63) is 17.5 Å². The van der Waals surface area contributed by atoms with Gasteiger partial charge in [0.05, 0.1) is 19.9 Å². The normalized spacial score (nSPS) is 12.0. The Hall–Kier alpha value is -2.20. The molecule has 0 spiro atoms. The molecule has 0 aliphatic rings. The van der Waals surface area contributed by atoms with E-state index in [1.165, 1.54) is 6.92 Å². The predicted octanol–water partition coefficient (Wildman–Crippen LogP) is 3.18. The summed E-state index contributed by atoms with van der Waals surface area (Å²) in [5, 5.41) is 0. The van der Waals surface area contributed by atoms with Crippen LogP contribution in [0, 0.1) is 0 Å². The number of ether oxygens (including phenoxy) is 3. The minimum atomic E-state index is -5.48. The largest absolute Gasteiger partial charge is 0.573 e. The number of nitrogens with zero attached hydrogens (tertiary/aromatic N) is 1. The molecule has 0 bridgehead atoms. The maximum atomic E-state index is 13.0. The monoisotopic (exact) mass is 333 g/mol. The first-order valence-electron chi connectivity index (χ1n) is 5.58. The van der Waals surface area contributed by atoms with E-state index in [0.717, 1.165) is 7.11 Å². The average Bonchev–Trinajstić information content (AvgIpc) is 2.34. The van der Waals surface area contributed by atoms with Crippen LogP contribution >= 0.6 is 0 Å². The number of methoxy groups -OCH3 is 1. The van der Waals surface area contributed by atoms with Gasteiger partial charge in [0, 0.05) is 0 Å². The Morgan fingerprint density at radius 2 is 1.82 bits per heavy atom. The van der Waals surface area contributed by atoms with Crippen molar-refractivity contribution in [3.63, 3.8) is 0 Å². The third-order valence-electron chi connectivity index (χ3n) is 2.19. The number of pyridine rings is 1. The molecule has 1 aromatic rings. The summed E-state index contributed by atoms with van der Waals surface area (Å²) in [5.74, 6) is -4.34. The zero-order valence-electron chi connectivity index (χ0n) is 11.1. The summed E-state index contributed by atoms with van der Waals surface area (Å²) in [6.45, 7) is 1.04. The van der Waals surface area contributed by atoms with E-state index in [0.29, 0.717) is 6.20 Å². The van der Waals surface area contributed by atoms with E-state index in [9.17, 15) is 31.1 Å². The lowest BCUT2D eigenvalue weighted by atomic mass is 10.1. The molecule has 0 aliphatic carbocycles. The van der Waals surface area contributed by atoms with Crippen LogP contribution in [0.5, 0.6) is 11.5 Å². The molecule has 0 aromatic carbocycles. The van der Waals surface area contributed by atoms with Gasteiger partial charge in [-0.3, -0.25) is 0 Å². The van der Waals surface area contributed by atoms with Crippen molar-refractivity contribution in [2.75, 3.05) is 13.7 Å². The summed E-state index contributed by atoms with van der Waals surface area (Å²) in [5.41, 5.74) is -3.17. The molecule has 124 valence electrons. The summed E-state index contributed by atoms with van der Waals surface area (Å²) >= 11 is 0. The Kier molecular flexibility index (Phi) is 5.09. The first kappa shape index (κ1) is 17.9. The van der Waals surface area contributed by atoms with Crippen LogP contribution < -0.4 is 9.47 Å². The molecule has 22 heavy (non-hydrogen) atoms. The van der Waals surface area contributed by atoms with Crippen molar-refractivity contribution in [1.82, 2.24) is 4.98 Å². The number of alkyl halides is 6. The highest BCUT2D eigenvalue weighted by Gasteiger charge is 2.45. The molecule has 0 N–H and O–H groups in total. The number of esters is 1. The van der Waals surface area contributed by atoms with Crippen LogP contribution in [0.25, 0.3) is 0 Å². The summed E-state index contributed by atoms with van der Waals surface area (Å²) in [6, 6.07) is 0. The topological polar surface area (TPSA) is 57.7 Å². The van der Waals surface area contributed by atoms with Crippen LogP contribution in [0.4, 0.5) is 26.3 Å². The SMILES string of the molecule is CCOC(=O)c1ncc(OC)c(C(F)(F)F)c1OC(F)(F)F. The molecule has 0 atom stereocenters. The number of halogens is 6. The molecule has 1 heterocycles. The first-order valence-corrected chi connectivity index (χ1v) is 5.58. The van der Waals surface area contributed by atoms with Crippen molar-refractivity contribution >= 4 is 5.97 Å². The smallest absolute Gasteiger partial charge is 0.494 e. The molecule has 0 saturated heterocycles. The van der Waals surface area contributed by atoms with Crippen LogP contribution in [-0.4, -0.2) is 31.0 Å². The lowest BCUT2D eigenvalue weighted by Crippen LogP contribution is -2.24. The van der Waals surface area contributed by atoms with E-state index in [1.54, 1.807) is 0 Å². The van der Waals surface area contributed by atoms with Crippen LogP contribution in [-0.2, 0) is 10.9 Å². The molecule has 0 aliphatic heterocycles. The summed E-state index contributed by atoms with van der Waals surface area (Å²) < 4.78 is 88.1. The fourth-order valence-corrected chi connectivity index (χ4v) is 1.46. The Balaban J connectivity index is 3.62. The fourth-order valence-electron chi connectivity index (χ4n) is 1.46. The zero-order chi connectivity index (χ0) is 17.1. The Morgan fingerprint density at radius 3 is 2.23 bits per heavy atom. The molecule has 11 heteroatoms. The zero-order valence-corrected chi connectivity index (χ0v) is 11.1. The molecular formula is C11H9F6NO4. The van der Waals surface area contributed by atoms with E-state index in [-0.39, 0.29) is 6.61 Å². The minimum Gasteiger partial charge on any atom is -0.494 e. The second kappa shape index (κ2) is 6.28. The molecule has 0 radical (unpaired) electrons. The molecular weight excluding hydrogens is 324 g/mol. The van der Waals surface area contributed by atoms with Crippen LogP contribution in [0.1, 0.15) is 23.0 Å². The molecule has 1 rings (SSSR count). The molecule has 0 amide bonds. The standard InChI is InChI=1S/C11H9F6NO4/c1-3-21-9(19)7-8(22-11(15,16)17)6(10(12,13)14)5(20-2)4-18-7/h4H,3H2,1-2H3. The van der Waals surface area contributed by atoms with E-state index >= 15 is 0 Å². The van der Waals surface area contributed by atoms with Gasteiger partial charge in [0.1, 0.15) is 5.56 Å². The van der Waals surface area contributed by atoms with Crippen molar-refractivity contribution in [1.29, 1.82) is 0 Å². The maximum absolute atomic E-state index is 13.0. The van der Waals surface area contributed by atoms with Crippen molar-refractivity contribution in [2.24, 2.45) is 0 Å². The Labute approximate surface area is 119 Å². The lowest BCUT2D eigenvalue weighted by Gasteiger charge is -2.19. The van der Waals surface area contributed by atoms with Gasteiger partial charge in [0.25, 0.3) is 0 Å². The van der Waals surface area contributed by atoms with Gasteiger partial charge in [0.2, 0.25) is 0 Å². The maximum Gasteiger partial charge on any atom is 0.573 e. The van der Waals surface area contributed by atoms with E-state index < -0.39 is 41.3 Å². The van der Waals surface area contributed by atoms with Crippen molar-refractivity contribution in [3.8, 4) is 11.5 Å². The van der Waals surface area contributed by atoms with E-state index in [1.807, 2.05) is 0 Å². The fraction of sp³-hybridized carbons (Fsp3) is 0.455. The van der Waals surface area contributed by atoms with E-state index in [4.69, 9.17) is 0 Å². The van der Waals surface area contributed by atoms with Gasteiger partial charge in [-0.1, -0.05) is 0 Å². The summed E-state index contributed by atoms with van der Waals surface area (Å²) in [4.78, 5) is 14.7. The number of rotatable bonds is 4. The molecule has 0 saturated carbocycles. The van der Waals surface area contributed by atoms with Crippen molar-refractivity contribution in [2.45, 2.75) is 19.5 Å². The van der Waals surface area contributed by atoms with Gasteiger partial charge in [-0.15, -0.1) is 13.2 Å². The van der Waals surface area contributed by atoms with Crippen LogP contribution in [0.3, 0.4) is 0 Å². The highest BCUT2D eigenvalue weighted by Crippen LogP contribution is 2.45. The first-order chi connectivity index (χ1) is 10.0. The highest BCUT2D eigenvalue weighted by atomic mass is 19.4. The van der Waals surface area contributed by atoms with Gasteiger partial charge in [-0.25, -0.2) is 9.78 Å². The molecule has 0 unspecified atom stereocenters. The van der Waals surface area contributed by atoms with Gasteiger partial charge in [-0.2, -0.15) is 13.2 Å². The number of carbonyl (C=O) groups is 1. The summed E-state index contributed by atoms with van der Waals surface area (Å²) in [6.07, 6.45) is -10.3. The molecule has 5 nitrogen and oxygen atoms in total. The highest BCUT2D eigenvalue weighted by molar-refractivity contribution is 5.91. The van der Waals surface area contributed by atoms with Gasteiger partial charge < -0.3 is 14.2 Å². The lowest BCUT2D eigenvalue weighted by molar-refractivity contribution is -0.276.